The third-order valence-electron chi connectivity index (χ3n) is 4.68. The molecule has 2 aliphatic heterocycles. The number of benzene rings is 2. The second-order valence-electron chi connectivity index (χ2n) is 6.37. The van der Waals surface area contributed by atoms with Crippen LogP contribution in [-0.4, -0.2) is 42.6 Å². The number of fused-ring (bicyclic) bond motifs is 2. The summed E-state index contributed by atoms with van der Waals surface area (Å²) in [5.41, 5.74) is 2.70. The second-order valence-corrected chi connectivity index (χ2v) is 6.37. The van der Waals surface area contributed by atoms with Gasteiger partial charge in [0.25, 0.3) is 0 Å². The number of para-hydroxylation sites is 2. The molecular formula is C20H19N3O4. The lowest BCUT2D eigenvalue weighted by atomic mass is 10.1. The molecule has 1 saturated heterocycles. The number of methoxy groups -OCH3 is 1. The van der Waals surface area contributed by atoms with Crippen LogP contribution >= 0.6 is 0 Å². The molecular weight excluding hydrogens is 346 g/mol. The molecule has 2 aromatic carbocycles. The fourth-order valence-corrected chi connectivity index (χ4v) is 3.37. The zero-order chi connectivity index (χ0) is 18.8. The fourth-order valence-electron chi connectivity index (χ4n) is 3.37. The monoisotopic (exact) mass is 365 g/mol. The van der Waals surface area contributed by atoms with Gasteiger partial charge in [-0.1, -0.05) is 30.3 Å². The first-order chi connectivity index (χ1) is 13.2. The number of aliphatic imine (C=N–C) groups is 1. The molecule has 1 N–H and O–H groups in total. The lowest BCUT2D eigenvalue weighted by molar-refractivity contribution is 0.0602. The van der Waals surface area contributed by atoms with E-state index in [4.69, 9.17) is 9.47 Å². The first-order valence-electron chi connectivity index (χ1n) is 8.72. The molecule has 0 unspecified atom stereocenters. The average Bonchev–Trinajstić information content (AvgIpc) is 3.07. The van der Waals surface area contributed by atoms with Crippen molar-refractivity contribution in [2.75, 3.05) is 19.0 Å². The zero-order valence-corrected chi connectivity index (χ0v) is 14.8. The molecule has 7 nitrogen and oxygen atoms in total. The molecule has 1 amide bonds. The normalized spacial score (nSPS) is 17.4. The van der Waals surface area contributed by atoms with E-state index in [0.717, 1.165) is 24.6 Å². The molecule has 0 bridgehead atoms. The van der Waals surface area contributed by atoms with E-state index in [9.17, 15) is 9.59 Å². The van der Waals surface area contributed by atoms with Gasteiger partial charge >= 0.3 is 12.1 Å². The quantitative estimate of drug-likeness (QED) is 0.844. The van der Waals surface area contributed by atoms with Crippen LogP contribution in [0.1, 0.15) is 22.3 Å². The topological polar surface area (TPSA) is 80.2 Å². The number of amides is 1. The van der Waals surface area contributed by atoms with E-state index < -0.39 is 18.2 Å². The van der Waals surface area contributed by atoms with Crippen LogP contribution in [0.25, 0.3) is 0 Å². The third-order valence-corrected chi connectivity index (χ3v) is 4.68. The van der Waals surface area contributed by atoms with E-state index in [0.29, 0.717) is 12.1 Å². The Hall–Kier alpha value is -3.35. The van der Waals surface area contributed by atoms with Crippen molar-refractivity contribution in [3.8, 4) is 0 Å². The van der Waals surface area contributed by atoms with Crippen molar-refractivity contribution in [2.24, 2.45) is 4.99 Å². The minimum Gasteiger partial charge on any atom is -0.465 e. The van der Waals surface area contributed by atoms with Gasteiger partial charge < -0.3 is 14.4 Å². The molecule has 27 heavy (non-hydrogen) atoms. The van der Waals surface area contributed by atoms with Gasteiger partial charge in [0.2, 0.25) is 0 Å². The van der Waals surface area contributed by atoms with E-state index in [1.54, 1.807) is 24.3 Å². The molecule has 0 spiro atoms. The molecule has 0 aromatic heterocycles. The number of ether oxygens (including phenoxy) is 2. The van der Waals surface area contributed by atoms with E-state index in [1.807, 2.05) is 18.2 Å². The van der Waals surface area contributed by atoms with Crippen molar-refractivity contribution >= 4 is 29.3 Å². The molecule has 1 atom stereocenters. The van der Waals surface area contributed by atoms with Gasteiger partial charge in [0.1, 0.15) is 5.84 Å². The number of nitrogens with zero attached hydrogens (tertiary/aromatic N) is 2. The molecule has 0 saturated carbocycles. The summed E-state index contributed by atoms with van der Waals surface area (Å²) in [4.78, 5) is 31.0. The maximum atomic E-state index is 12.4. The van der Waals surface area contributed by atoms with E-state index >= 15 is 0 Å². The molecule has 2 aromatic rings. The summed E-state index contributed by atoms with van der Waals surface area (Å²) < 4.78 is 10.3. The molecule has 0 radical (unpaired) electrons. The van der Waals surface area contributed by atoms with Gasteiger partial charge in [-0.25, -0.2) is 14.6 Å². The largest absolute Gasteiger partial charge is 0.465 e. The summed E-state index contributed by atoms with van der Waals surface area (Å²) in [6.07, 6.45) is -0.359. The van der Waals surface area contributed by atoms with Crippen molar-refractivity contribution in [2.45, 2.75) is 19.1 Å². The van der Waals surface area contributed by atoms with Gasteiger partial charge in [-0.05, 0) is 23.8 Å². The summed E-state index contributed by atoms with van der Waals surface area (Å²) in [6.45, 7) is 1.55. The van der Waals surface area contributed by atoms with Crippen molar-refractivity contribution in [3.05, 3.63) is 59.7 Å². The Labute approximate surface area is 156 Å². The van der Waals surface area contributed by atoms with Crippen molar-refractivity contribution in [1.82, 2.24) is 4.90 Å². The molecule has 7 heteroatoms. The van der Waals surface area contributed by atoms with E-state index in [2.05, 4.69) is 21.3 Å². The van der Waals surface area contributed by atoms with Crippen LogP contribution in [-0.2, 0) is 16.0 Å². The fraction of sp³-hybridized carbons (Fsp3) is 0.250. The number of hydrogen-bond acceptors (Lipinski definition) is 6. The standard InChI is InChI=1S/C20H19N3O4/c1-26-19(24)14-7-3-5-9-16(14)22-20(25)27-17-10-11-23-12-13-6-2-4-8-15(13)21-18(17)23/h2-9,17H,10-12H2,1H3,(H,22,25)/t17-/m1/s1. The van der Waals surface area contributed by atoms with Crippen LogP contribution in [0.2, 0.25) is 0 Å². The number of carbonyl (C=O) groups excluding carboxylic acids is 2. The lowest BCUT2D eigenvalue weighted by Crippen LogP contribution is -2.34. The van der Waals surface area contributed by atoms with Crippen LogP contribution in [0.5, 0.6) is 0 Å². The molecule has 4 rings (SSSR count). The number of esters is 1. The Balaban J connectivity index is 1.48. The second kappa shape index (κ2) is 7.11. The van der Waals surface area contributed by atoms with Gasteiger partial charge in [0.15, 0.2) is 6.10 Å². The number of anilines is 1. The van der Waals surface area contributed by atoms with Gasteiger partial charge in [-0.2, -0.15) is 0 Å². The van der Waals surface area contributed by atoms with Gasteiger partial charge in [0, 0.05) is 19.5 Å². The average molecular weight is 365 g/mol. The highest BCUT2D eigenvalue weighted by atomic mass is 16.6. The maximum Gasteiger partial charge on any atom is 0.412 e. The minimum absolute atomic E-state index is 0.272. The van der Waals surface area contributed by atoms with Crippen LogP contribution in [0.15, 0.2) is 53.5 Å². The first-order valence-corrected chi connectivity index (χ1v) is 8.72. The Morgan fingerprint density at radius 3 is 2.78 bits per heavy atom. The number of hydrogen-bond donors (Lipinski definition) is 1. The molecule has 1 fully saturated rings. The van der Waals surface area contributed by atoms with Crippen LogP contribution in [0.4, 0.5) is 16.2 Å². The van der Waals surface area contributed by atoms with Crippen molar-refractivity contribution < 1.29 is 19.1 Å². The van der Waals surface area contributed by atoms with Crippen LogP contribution in [0, 0.1) is 0 Å². The van der Waals surface area contributed by atoms with Gasteiger partial charge in [-0.3, -0.25) is 5.32 Å². The number of rotatable bonds is 3. The summed E-state index contributed by atoms with van der Waals surface area (Å²) >= 11 is 0. The van der Waals surface area contributed by atoms with Crippen LogP contribution in [0.3, 0.4) is 0 Å². The highest BCUT2D eigenvalue weighted by Crippen LogP contribution is 2.31. The SMILES string of the molecule is COC(=O)c1ccccc1NC(=O)O[C@@H]1CCN2Cc3ccccc3N=C12. The first kappa shape index (κ1) is 17.1. The smallest absolute Gasteiger partial charge is 0.412 e. The number of carbonyl (C=O) groups is 2. The highest BCUT2D eigenvalue weighted by Gasteiger charge is 2.35. The third kappa shape index (κ3) is 3.36. The lowest BCUT2D eigenvalue weighted by Gasteiger charge is -2.26. The van der Waals surface area contributed by atoms with Crippen molar-refractivity contribution in [3.63, 3.8) is 0 Å². The predicted molar refractivity (Wildman–Crippen MR) is 100 cm³/mol. The molecule has 0 aliphatic carbocycles. The summed E-state index contributed by atoms with van der Waals surface area (Å²) in [5.74, 6) is 0.247. The Bertz CT molecular complexity index is 925. The van der Waals surface area contributed by atoms with Gasteiger partial charge in [0.05, 0.1) is 24.0 Å². The number of amidine groups is 1. The van der Waals surface area contributed by atoms with E-state index in [-0.39, 0.29) is 5.56 Å². The van der Waals surface area contributed by atoms with Crippen molar-refractivity contribution in [1.29, 1.82) is 0 Å². The Morgan fingerprint density at radius 2 is 1.93 bits per heavy atom. The summed E-state index contributed by atoms with van der Waals surface area (Å²) in [5, 5.41) is 2.63. The predicted octanol–water partition coefficient (Wildman–Crippen LogP) is 3.34. The van der Waals surface area contributed by atoms with Crippen LogP contribution < -0.4 is 5.32 Å². The minimum atomic E-state index is -0.625. The molecule has 2 heterocycles. The molecule has 2 aliphatic rings. The maximum absolute atomic E-state index is 12.4. The van der Waals surface area contributed by atoms with Gasteiger partial charge in [-0.15, -0.1) is 0 Å². The number of nitrogens with one attached hydrogen (secondary N) is 1. The highest BCUT2D eigenvalue weighted by molar-refractivity contribution is 6.00. The molecule has 138 valence electrons. The zero-order valence-electron chi connectivity index (χ0n) is 14.8. The summed E-state index contributed by atoms with van der Waals surface area (Å²) in [7, 11) is 1.30. The van der Waals surface area contributed by atoms with E-state index in [1.165, 1.54) is 12.7 Å². The Morgan fingerprint density at radius 1 is 1.15 bits per heavy atom. The Kier molecular flexibility index (Phi) is 4.50. The summed E-state index contributed by atoms with van der Waals surface area (Å²) in [6, 6.07) is 14.6.